The van der Waals surface area contributed by atoms with Crippen LogP contribution in [0.15, 0.2) is 24.3 Å². The lowest BCUT2D eigenvalue weighted by Crippen LogP contribution is -2.34. The summed E-state index contributed by atoms with van der Waals surface area (Å²) in [6.45, 7) is 5.72. The molecule has 42 heavy (non-hydrogen) atoms. The summed E-state index contributed by atoms with van der Waals surface area (Å²) in [6, 6.07) is 4.77. The maximum atomic E-state index is 15.5. The average Bonchev–Trinajstić information content (AvgIpc) is 3.59. The van der Waals surface area contributed by atoms with Gasteiger partial charge in [-0.15, -0.1) is 11.3 Å². The van der Waals surface area contributed by atoms with Crippen LogP contribution in [0.25, 0.3) is 10.2 Å². The minimum Gasteiger partial charge on any atom is -0.497 e. The van der Waals surface area contributed by atoms with Crippen molar-refractivity contribution in [3.8, 4) is 11.5 Å². The minimum atomic E-state index is -1.18. The van der Waals surface area contributed by atoms with Gasteiger partial charge in [0.2, 0.25) is 18.2 Å². The van der Waals surface area contributed by atoms with Crippen LogP contribution in [0.4, 0.5) is 10.1 Å². The predicted molar refractivity (Wildman–Crippen MR) is 156 cm³/mol. The third-order valence-corrected chi connectivity index (χ3v) is 8.00. The van der Waals surface area contributed by atoms with Crippen molar-refractivity contribution >= 4 is 51.4 Å². The molecule has 2 aliphatic rings. The van der Waals surface area contributed by atoms with E-state index in [1.807, 2.05) is 13.8 Å². The second-order valence-corrected chi connectivity index (χ2v) is 10.8. The van der Waals surface area contributed by atoms with Crippen molar-refractivity contribution in [2.24, 2.45) is 5.73 Å². The monoisotopic (exact) mass is 599 g/mol. The first-order chi connectivity index (χ1) is 20.2. The molecule has 5 rings (SSSR count). The minimum absolute atomic E-state index is 0.0182. The molecule has 4 N–H and O–H groups in total. The molecule has 0 radical (unpaired) electrons. The molecule has 13 heteroatoms. The highest BCUT2D eigenvalue weighted by Gasteiger charge is 2.34. The Morgan fingerprint density at radius 1 is 1.29 bits per heavy atom. The van der Waals surface area contributed by atoms with Crippen LogP contribution in [0.3, 0.4) is 0 Å². The first-order valence-electron chi connectivity index (χ1n) is 13.8. The van der Waals surface area contributed by atoms with Gasteiger partial charge in [-0.05, 0) is 44.4 Å². The highest BCUT2D eigenvalue weighted by Crippen LogP contribution is 2.39. The zero-order chi connectivity index (χ0) is 30.6. The quantitative estimate of drug-likeness (QED) is 0.279. The van der Waals surface area contributed by atoms with E-state index in [2.05, 4.69) is 15.6 Å². The van der Waals surface area contributed by atoms with Gasteiger partial charge >= 0.3 is 0 Å². The lowest BCUT2D eigenvalue weighted by Gasteiger charge is -2.23. The van der Waals surface area contributed by atoms with Crippen molar-refractivity contribution in [2.45, 2.75) is 71.2 Å². The fraction of sp³-hybridized carbons (Fsp3) is 0.414. The van der Waals surface area contributed by atoms with Gasteiger partial charge in [-0.3, -0.25) is 24.5 Å². The number of aromatic nitrogens is 1. The second-order valence-electron chi connectivity index (χ2n) is 9.77. The molecular formula is C29H34FN5O6S. The van der Waals surface area contributed by atoms with E-state index in [1.165, 1.54) is 28.4 Å². The first-order valence-corrected chi connectivity index (χ1v) is 14.6. The molecule has 2 unspecified atom stereocenters. The molecule has 1 fully saturated rings. The summed E-state index contributed by atoms with van der Waals surface area (Å²) in [5.41, 5.74) is 7.05. The standard InChI is InChI=1S/C27H28FN5O6S.C2H6/c1-13(3-8-21(35)30-12-34)33-11-17-16(27(33)37)6-7-18(22(17)28)31-25(36)23(29)26-32-24-19(39-14-4-5-14)9-15(38-2)10-20(24)40-26;1-2/h6-7,9-10,12-14,23H,3-5,8,11,29H2,1-2H3,(H,31,36)(H,30,34,35);1-2H3. The van der Waals surface area contributed by atoms with Crippen LogP contribution in [-0.4, -0.2) is 53.3 Å². The largest absolute Gasteiger partial charge is 0.497 e. The lowest BCUT2D eigenvalue weighted by molar-refractivity contribution is -0.125. The molecule has 11 nitrogen and oxygen atoms in total. The molecule has 0 saturated heterocycles. The van der Waals surface area contributed by atoms with Gasteiger partial charge in [0.25, 0.3) is 5.91 Å². The second kappa shape index (κ2) is 13.3. The molecule has 1 aliphatic heterocycles. The van der Waals surface area contributed by atoms with Gasteiger partial charge in [-0.2, -0.15) is 0 Å². The van der Waals surface area contributed by atoms with Crippen molar-refractivity contribution in [1.82, 2.24) is 15.2 Å². The van der Waals surface area contributed by atoms with Gasteiger partial charge in [0.15, 0.2) is 11.6 Å². The normalized spacial score (nSPS) is 15.3. The molecular weight excluding hydrogens is 565 g/mol. The number of amides is 4. The van der Waals surface area contributed by atoms with Crippen molar-refractivity contribution < 1.29 is 33.0 Å². The van der Waals surface area contributed by atoms with E-state index in [4.69, 9.17) is 15.2 Å². The Morgan fingerprint density at radius 2 is 2.02 bits per heavy atom. The number of fused-ring (bicyclic) bond motifs is 2. The number of halogens is 1. The van der Waals surface area contributed by atoms with Crippen molar-refractivity contribution in [3.63, 3.8) is 0 Å². The fourth-order valence-corrected chi connectivity index (χ4v) is 5.49. The van der Waals surface area contributed by atoms with E-state index >= 15 is 4.39 Å². The molecule has 2 aromatic carbocycles. The molecule has 0 spiro atoms. The summed E-state index contributed by atoms with van der Waals surface area (Å²) in [5.74, 6) is -1.07. The van der Waals surface area contributed by atoms with Crippen LogP contribution in [0.2, 0.25) is 0 Å². The molecule has 224 valence electrons. The third-order valence-electron chi connectivity index (χ3n) is 6.91. The van der Waals surface area contributed by atoms with Crippen LogP contribution >= 0.6 is 11.3 Å². The maximum absolute atomic E-state index is 15.5. The molecule has 2 atom stereocenters. The Bertz CT molecular complexity index is 1510. The highest BCUT2D eigenvalue weighted by atomic mass is 32.1. The molecule has 1 aromatic heterocycles. The molecule has 1 aliphatic carbocycles. The third kappa shape index (κ3) is 6.52. The van der Waals surface area contributed by atoms with Gasteiger partial charge in [-0.1, -0.05) is 13.8 Å². The van der Waals surface area contributed by atoms with Crippen molar-refractivity contribution in [1.29, 1.82) is 0 Å². The molecule has 2 heterocycles. The number of ether oxygens (including phenoxy) is 2. The SMILES string of the molecule is CC.COc1cc(OC2CC2)c2nc(C(N)C(=O)Nc3ccc4c(c3F)CN(C(C)CCC(=O)NC=O)C4=O)sc2c1. The summed E-state index contributed by atoms with van der Waals surface area (Å²) in [4.78, 5) is 53.9. The number of hydrogen-bond acceptors (Lipinski definition) is 9. The van der Waals surface area contributed by atoms with E-state index < -0.39 is 23.7 Å². The number of carbonyl (C=O) groups is 4. The van der Waals surface area contributed by atoms with E-state index in [9.17, 15) is 19.2 Å². The number of rotatable bonds is 11. The number of hydrogen-bond donors (Lipinski definition) is 3. The zero-order valence-corrected chi connectivity index (χ0v) is 24.7. The van der Waals surface area contributed by atoms with E-state index in [-0.39, 0.29) is 47.8 Å². The van der Waals surface area contributed by atoms with Crippen molar-refractivity contribution in [3.05, 3.63) is 46.2 Å². The Balaban J connectivity index is 0.00000198. The van der Waals surface area contributed by atoms with Crippen LogP contribution in [0, 0.1) is 5.82 Å². The number of nitrogens with one attached hydrogen (secondary N) is 2. The molecule has 3 aromatic rings. The first kappa shape index (κ1) is 30.8. The number of imide groups is 1. The van der Waals surface area contributed by atoms with Gasteiger partial charge in [0.05, 0.1) is 30.1 Å². The summed E-state index contributed by atoms with van der Waals surface area (Å²) < 4.78 is 27.6. The predicted octanol–water partition coefficient (Wildman–Crippen LogP) is 4.05. The van der Waals surface area contributed by atoms with Crippen LogP contribution < -0.4 is 25.8 Å². The number of methoxy groups -OCH3 is 1. The topological polar surface area (TPSA) is 153 Å². The van der Waals surface area contributed by atoms with E-state index in [0.29, 0.717) is 34.9 Å². The van der Waals surface area contributed by atoms with Gasteiger partial charge in [0.1, 0.15) is 22.3 Å². The summed E-state index contributed by atoms with van der Waals surface area (Å²) in [6.07, 6.45) is 2.69. The van der Waals surface area contributed by atoms with Gasteiger partial charge in [0, 0.05) is 29.7 Å². The van der Waals surface area contributed by atoms with Gasteiger partial charge in [-0.25, -0.2) is 9.37 Å². The number of benzene rings is 2. The number of nitrogens with two attached hydrogens (primary N) is 1. The molecule has 4 amide bonds. The highest BCUT2D eigenvalue weighted by molar-refractivity contribution is 7.18. The maximum Gasteiger partial charge on any atom is 0.254 e. The Labute approximate surface area is 246 Å². The Morgan fingerprint density at radius 3 is 2.69 bits per heavy atom. The smallest absolute Gasteiger partial charge is 0.254 e. The molecule has 1 saturated carbocycles. The lowest BCUT2D eigenvalue weighted by atomic mass is 10.1. The number of carbonyl (C=O) groups excluding carboxylic acids is 4. The number of nitrogens with zero attached hydrogens (tertiary/aromatic N) is 2. The Kier molecular flexibility index (Phi) is 9.74. The van der Waals surface area contributed by atoms with Crippen LogP contribution in [0.1, 0.15) is 73.4 Å². The van der Waals surface area contributed by atoms with E-state index in [0.717, 1.165) is 17.5 Å². The number of thiazole rings is 1. The van der Waals surface area contributed by atoms with E-state index in [1.54, 1.807) is 26.2 Å². The van der Waals surface area contributed by atoms with Crippen LogP contribution in [0.5, 0.6) is 11.5 Å². The summed E-state index contributed by atoms with van der Waals surface area (Å²) >= 11 is 1.22. The average molecular weight is 600 g/mol. The summed E-state index contributed by atoms with van der Waals surface area (Å²) in [5, 5.41) is 4.91. The van der Waals surface area contributed by atoms with Gasteiger partial charge < -0.3 is 25.4 Å². The number of anilines is 1. The van der Waals surface area contributed by atoms with Crippen LogP contribution in [-0.2, 0) is 20.9 Å². The Hall–Kier alpha value is -4.10. The fourth-order valence-electron chi connectivity index (χ4n) is 4.48. The van der Waals surface area contributed by atoms with Crippen molar-refractivity contribution in [2.75, 3.05) is 12.4 Å². The molecule has 0 bridgehead atoms. The zero-order valence-electron chi connectivity index (χ0n) is 23.9. The summed E-state index contributed by atoms with van der Waals surface area (Å²) in [7, 11) is 1.55.